The summed E-state index contributed by atoms with van der Waals surface area (Å²) >= 11 is 6.52. The standard InChI is InChI=1S/C30H36ClFN8O2/c1-9-27(41)35-22-14-23(26(42-8)15-24(22)39(7)11-10-38(5)6)36-30-33-16-20(31)28(37-30)19-12-21(32)29-25(13-19)40(17(2)3)18(4)34-29/h9,12-17H,1,10-11H2,2-8H3,(H,35,41)(H,33,36,37). The fourth-order valence-corrected chi connectivity index (χ4v) is 4.91. The van der Waals surface area contributed by atoms with Crippen LogP contribution in [0.5, 0.6) is 5.75 Å². The molecule has 1 amide bonds. The van der Waals surface area contributed by atoms with Crippen LogP contribution in [0.4, 0.5) is 27.4 Å². The highest BCUT2D eigenvalue weighted by atomic mass is 35.5. The van der Waals surface area contributed by atoms with Gasteiger partial charge < -0.3 is 29.7 Å². The van der Waals surface area contributed by atoms with Gasteiger partial charge in [0.1, 0.15) is 17.1 Å². The van der Waals surface area contributed by atoms with Gasteiger partial charge in [0.25, 0.3) is 0 Å². The molecule has 0 unspecified atom stereocenters. The van der Waals surface area contributed by atoms with Crippen LogP contribution in [0.1, 0.15) is 25.7 Å². The zero-order chi connectivity index (χ0) is 30.7. The summed E-state index contributed by atoms with van der Waals surface area (Å²) in [5, 5.41) is 6.31. The lowest BCUT2D eigenvalue weighted by Gasteiger charge is -2.26. The first-order valence-electron chi connectivity index (χ1n) is 13.4. The van der Waals surface area contributed by atoms with Crippen LogP contribution in [0, 0.1) is 12.7 Å². The van der Waals surface area contributed by atoms with Crippen LogP contribution in [0.2, 0.25) is 5.02 Å². The van der Waals surface area contributed by atoms with Gasteiger partial charge in [-0.15, -0.1) is 0 Å². The van der Waals surface area contributed by atoms with Crippen molar-refractivity contribution in [3.05, 3.63) is 59.8 Å². The molecule has 2 aromatic heterocycles. The van der Waals surface area contributed by atoms with Crippen LogP contribution in [0.25, 0.3) is 22.3 Å². The van der Waals surface area contributed by atoms with Gasteiger partial charge in [-0.05, 0) is 59.1 Å². The molecule has 42 heavy (non-hydrogen) atoms. The van der Waals surface area contributed by atoms with E-state index in [0.29, 0.717) is 46.0 Å². The predicted octanol–water partition coefficient (Wildman–Crippen LogP) is 6.05. The SMILES string of the molecule is C=CC(=O)Nc1cc(Nc2ncc(Cl)c(-c3cc(F)c4nc(C)n(C(C)C)c4c3)n2)c(OC)cc1N(C)CCN(C)C. The van der Waals surface area contributed by atoms with Gasteiger partial charge in [-0.2, -0.15) is 0 Å². The van der Waals surface area contributed by atoms with Gasteiger partial charge in [-0.1, -0.05) is 18.2 Å². The lowest BCUT2D eigenvalue weighted by Crippen LogP contribution is -2.29. The Bertz CT molecular complexity index is 1640. The van der Waals surface area contributed by atoms with Crippen molar-refractivity contribution < 1.29 is 13.9 Å². The van der Waals surface area contributed by atoms with Crippen LogP contribution in [-0.2, 0) is 4.79 Å². The lowest BCUT2D eigenvalue weighted by atomic mass is 10.1. The third-order valence-corrected chi connectivity index (χ3v) is 7.04. The Hall–Kier alpha value is -4.22. The van der Waals surface area contributed by atoms with Gasteiger partial charge in [0.2, 0.25) is 11.9 Å². The Balaban J connectivity index is 1.76. The van der Waals surface area contributed by atoms with Gasteiger partial charge in [-0.3, -0.25) is 4.79 Å². The smallest absolute Gasteiger partial charge is 0.247 e. The van der Waals surface area contributed by atoms with Crippen molar-refractivity contribution in [2.45, 2.75) is 26.8 Å². The van der Waals surface area contributed by atoms with Crippen molar-refractivity contribution in [2.24, 2.45) is 0 Å². The van der Waals surface area contributed by atoms with Crippen molar-refractivity contribution in [2.75, 3.05) is 56.9 Å². The van der Waals surface area contributed by atoms with Crippen molar-refractivity contribution in [1.82, 2.24) is 24.4 Å². The van der Waals surface area contributed by atoms with E-state index in [1.807, 2.05) is 63.5 Å². The quantitative estimate of drug-likeness (QED) is 0.202. The zero-order valence-electron chi connectivity index (χ0n) is 24.9. The maximum atomic E-state index is 15.2. The maximum Gasteiger partial charge on any atom is 0.247 e. The number of anilines is 4. The van der Waals surface area contributed by atoms with Crippen LogP contribution >= 0.6 is 11.6 Å². The van der Waals surface area contributed by atoms with E-state index in [1.165, 1.54) is 18.3 Å². The first-order valence-corrected chi connectivity index (χ1v) is 13.8. The molecule has 0 atom stereocenters. The molecule has 4 aromatic rings. The molecule has 222 valence electrons. The number of nitrogens with one attached hydrogen (secondary N) is 2. The summed E-state index contributed by atoms with van der Waals surface area (Å²) in [4.78, 5) is 29.8. The molecule has 2 N–H and O–H groups in total. The second kappa shape index (κ2) is 12.7. The number of carbonyl (C=O) groups is 1. The van der Waals surface area contributed by atoms with Crippen molar-refractivity contribution in [1.29, 1.82) is 0 Å². The molecule has 2 heterocycles. The number of benzene rings is 2. The van der Waals surface area contributed by atoms with Crippen molar-refractivity contribution >= 4 is 51.6 Å². The molecule has 0 aliphatic carbocycles. The third kappa shape index (κ3) is 6.47. The van der Waals surface area contributed by atoms with Gasteiger partial charge in [0.05, 0.1) is 46.6 Å². The number of likely N-dealkylation sites (N-methyl/N-ethyl adjacent to an activating group) is 2. The molecular formula is C30H36ClFN8O2. The number of imidazole rings is 1. The van der Waals surface area contributed by atoms with Crippen molar-refractivity contribution in [3.63, 3.8) is 0 Å². The predicted molar refractivity (Wildman–Crippen MR) is 168 cm³/mol. The zero-order valence-corrected chi connectivity index (χ0v) is 25.7. The van der Waals surface area contributed by atoms with Crippen LogP contribution < -0.4 is 20.3 Å². The van der Waals surface area contributed by atoms with E-state index in [2.05, 4.69) is 37.1 Å². The summed E-state index contributed by atoms with van der Waals surface area (Å²) in [6, 6.07) is 6.86. The normalized spacial score (nSPS) is 11.3. The average Bonchev–Trinajstić information content (AvgIpc) is 3.29. The minimum Gasteiger partial charge on any atom is -0.494 e. The molecule has 10 nitrogen and oxygen atoms in total. The third-order valence-electron chi connectivity index (χ3n) is 6.76. The summed E-state index contributed by atoms with van der Waals surface area (Å²) in [7, 11) is 7.48. The lowest BCUT2D eigenvalue weighted by molar-refractivity contribution is -0.111. The van der Waals surface area contributed by atoms with Gasteiger partial charge >= 0.3 is 0 Å². The number of fused-ring (bicyclic) bond motifs is 1. The number of methoxy groups -OCH3 is 1. The fourth-order valence-electron chi connectivity index (χ4n) is 4.71. The van der Waals surface area contributed by atoms with E-state index in [0.717, 1.165) is 18.1 Å². The Labute approximate surface area is 250 Å². The Kier molecular flexibility index (Phi) is 9.33. The maximum absolute atomic E-state index is 15.2. The number of aryl methyl sites for hydroxylation is 1. The van der Waals surface area contributed by atoms with E-state index >= 15 is 4.39 Å². The number of hydrogen-bond donors (Lipinski definition) is 2. The first kappa shape index (κ1) is 30.7. The van der Waals surface area contributed by atoms with Gasteiger partial charge in [0.15, 0.2) is 5.82 Å². The highest BCUT2D eigenvalue weighted by Crippen LogP contribution is 2.39. The Morgan fingerprint density at radius 3 is 2.55 bits per heavy atom. The molecular weight excluding hydrogens is 559 g/mol. The second-order valence-corrected chi connectivity index (χ2v) is 10.9. The van der Waals surface area contributed by atoms with E-state index in [4.69, 9.17) is 16.3 Å². The molecule has 2 aromatic carbocycles. The van der Waals surface area contributed by atoms with Gasteiger partial charge in [0, 0.05) is 37.8 Å². The first-order chi connectivity index (χ1) is 19.9. The molecule has 0 saturated heterocycles. The average molecular weight is 595 g/mol. The van der Waals surface area contributed by atoms with E-state index in [1.54, 1.807) is 13.2 Å². The second-order valence-electron chi connectivity index (χ2n) is 10.5. The number of carbonyl (C=O) groups excluding carboxylic acids is 1. The molecule has 0 aliphatic rings. The van der Waals surface area contributed by atoms with E-state index in [-0.39, 0.29) is 22.9 Å². The molecule has 0 fully saturated rings. The van der Waals surface area contributed by atoms with Crippen molar-refractivity contribution in [3.8, 4) is 17.0 Å². The molecule has 0 spiro atoms. The van der Waals surface area contributed by atoms with Crippen LogP contribution in [-0.4, -0.2) is 71.7 Å². The molecule has 4 rings (SSSR count). The number of hydrogen-bond acceptors (Lipinski definition) is 8. The summed E-state index contributed by atoms with van der Waals surface area (Å²) in [5.74, 6) is 0.604. The fraction of sp³-hybridized carbons (Fsp3) is 0.333. The van der Waals surface area contributed by atoms with Crippen LogP contribution in [0.15, 0.2) is 43.1 Å². The number of halogens is 2. The topological polar surface area (TPSA) is 100 Å². The molecule has 0 aliphatic heterocycles. The summed E-state index contributed by atoms with van der Waals surface area (Å²) in [6.45, 7) is 11.0. The molecule has 0 radical (unpaired) electrons. The largest absolute Gasteiger partial charge is 0.494 e. The number of ether oxygens (including phenoxy) is 1. The van der Waals surface area contributed by atoms with E-state index < -0.39 is 5.82 Å². The summed E-state index contributed by atoms with van der Waals surface area (Å²) in [5.41, 5.74) is 3.59. The molecule has 12 heteroatoms. The number of amides is 1. The van der Waals surface area contributed by atoms with Crippen LogP contribution in [0.3, 0.4) is 0 Å². The highest BCUT2D eigenvalue weighted by molar-refractivity contribution is 6.33. The number of rotatable bonds is 11. The Morgan fingerprint density at radius 2 is 1.90 bits per heavy atom. The minimum absolute atomic E-state index is 0.0795. The summed E-state index contributed by atoms with van der Waals surface area (Å²) in [6.07, 6.45) is 2.66. The minimum atomic E-state index is -0.465. The highest BCUT2D eigenvalue weighted by Gasteiger charge is 2.20. The number of aromatic nitrogens is 4. The molecule has 0 bridgehead atoms. The molecule has 0 saturated carbocycles. The monoisotopic (exact) mass is 594 g/mol. The summed E-state index contributed by atoms with van der Waals surface area (Å²) < 4.78 is 22.9. The van der Waals surface area contributed by atoms with E-state index in [9.17, 15) is 4.79 Å². The Morgan fingerprint density at radius 1 is 1.17 bits per heavy atom. The van der Waals surface area contributed by atoms with Gasteiger partial charge in [-0.25, -0.2) is 19.3 Å². The number of nitrogens with zero attached hydrogens (tertiary/aromatic N) is 6.